The molecule has 94 valence electrons. The van der Waals surface area contributed by atoms with E-state index in [1.807, 2.05) is 23.6 Å². The standard InChI is InChI=1S/C12H12BrN3OS/c1-14-11-3-2-9(6-15-11)16-12(17)5-10-4-8(13)7-18-10/h2-4,6-7H,5H2,1H3,(H,14,15)(H,16,17). The maximum atomic E-state index is 11.8. The molecule has 0 aromatic carbocycles. The third-order valence-corrected chi connectivity index (χ3v) is 3.96. The lowest BCUT2D eigenvalue weighted by Gasteiger charge is -2.04. The lowest BCUT2D eigenvalue weighted by Crippen LogP contribution is -2.13. The summed E-state index contributed by atoms with van der Waals surface area (Å²) in [5.41, 5.74) is 0.703. The fourth-order valence-corrected chi connectivity index (χ4v) is 2.88. The highest BCUT2D eigenvalue weighted by Gasteiger charge is 2.06. The zero-order valence-electron chi connectivity index (χ0n) is 9.74. The summed E-state index contributed by atoms with van der Waals surface area (Å²) in [5, 5.41) is 7.70. The zero-order chi connectivity index (χ0) is 13.0. The first-order chi connectivity index (χ1) is 8.67. The van der Waals surface area contributed by atoms with Gasteiger partial charge in [0.15, 0.2) is 0 Å². The molecule has 0 saturated heterocycles. The van der Waals surface area contributed by atoms with Crippen LogP contribution in [0, 0.1) is 0 Å². The summed E-state index contributed by atoms with van der Waals surface area (Å²) in [4.78, 5) is 16.9. The molecule has 2 N–H and O–H groups in total. The van der Waals surface area contributed by atoms with Gasteiger partial charge in [0.25, 0.3) is 0 Å². The van der Waals surface area contributed by atoms with Crippen molar-refractivity contribution in [2.45, 2.75) is 6.42 Å². The van der Waals surface area contributed by atoms with E-state index in [0.717, 1.165) is 15.2 Å². The number of pyridine rings is 1. The summed E-state index contributed by atoms with van der Waals surface area (Å²) >= 11 is 4.93. The van der Waals surface area contributed by atoms with E-state index in [2.05, 4.69) is 31.5 Å². The average molecular weight is 326 g/mol. The molecule has 0 aliphatic rings. The summed E-state index contributed by atoms with van der Waals surface area (Å²) in [7, 11) is 1.80. The third-order valence-electron chi connectivity index (χ3n) is 2.26. The molecule has 2 aromatic heterocycles. The van der Waals surface area contributed by atoms with Gasteiger partial charge in [0, 0.05) is 21.8 Å². The van der Waals surface area contributed by atoms with Crippen LogP contribution < -0.4 is 10.6 Å². The number of hydrogen-bond acceptors (Lipinski definition) is 4. The molecule has 0 bridgehead atoms. The minimum Gasteiger partial charge on any atom is -0.373 e. The van der Waals surface area contributed by atoms with Crippen LogP contribution in [-0.2, 0) is 11.2 Å². The minimum absolute atomic E-state index is 0.0386. The van der Waals surface area contributed by atoms with Crippen LogP contribution in [0.25, 0.3) is 0 Å². The van der Waals surface area contributed by atoms with Crippen molar-refractivity contribution in [1.82, 2.24) is 4.98 Å². The fraction of sp³-hybridized carbons (Fsp3) is 0.167. The van der Waals surface area contributed by atoms with Crippen LogP contribution in [0.15, 0.2) is 34.2 Å². The van der Waals surface area contributed by atoms with Crippen molar-refractivity contribution in [1.29, 1.82) is 0 Å². The lowest BCUT2D eigenvalue weighted by molar-refractivity contribution is -0.115. The molecule has 0 unspecified atom stereocenters. The van der Waals surface area contributed by atoms with Crippen LogP contribution in [0.3, 0.4) is 0 Å². The lowest BCUT2D eigenvalue weighted by atomic mass is 10.3. The summed E-state index contributed by atoms with van der Waals surface area (Å²) in [6.07, 6.45) is 2.01. The number of nitrogens with one attached hydrogen (secondary N) is 2. The zero-order valence-corrected chi connectivity index (χ0v) is 12.1. The minimum atomic E-state index is -0.0386. The molecule has 0 fully saturated rings. The first-order valence-corrected chi connectivity index (χ1v) is 7.01. The third kappa shape index (κ3) is 3.54. The van der Waals surface area contributed by atoms with Gasteiger partial charge in [0.2, 0.25) is 5.91 Å². The second kappa shape index (κ2) is 5.97. The predicted octanol–water partition coefficient (Wildman–Crippen LogP) is 3.13. The number of halogens is 1. The highest BCUT2D eigenvalue weighted by Crippen LogP contribution is 2.20. The van der Waals surface area contributed by atoms with E-state index in [-0.39, 0.29) is 5.91 Å². The molecule has 18 heavy (non-hydrogen) atoms. The molecule has 2 rings (SSSR count). The number of rotatable bonds is 4. The van der Waals surface area contributed by atoms with Crippen molar-refractivity contribution < 1.29 is 4.79 Å². The first-order valence-electron chi connectivity index (χ1n) is 5.34. The molecule has 0 radical (unpaired) electrons. The van der Waals surface area contributed by atoms with Crippen molar-refractivity contribution in [2.75, 3.05) is 17.7 Å². The SMILES string of the molecule is CNc1ccc(NC(=O)Cc2cc(Br)cs2)cn1. The average Bonchev–Trinajstić information content (AvgIpc) is 2.75. The molecule has 0 saturated carbocycles. The van der Waals surface area contributed by atoms with Crippen molar-refractivity contribution in [3.8, 4) is 0 Å². The molecule has 0 atom stereocenters. The van der Waals surface area contributed by atoms with E-state index in [0.29, 0.717) is 12.1 Å². The molecule has 6 heteroatoms. The van der Waals surface area contributed by atoms with Gasteiger partial charge in [-0.05, 0) is 34.1 Å². The maximum absolute atomic E-state index is 11.8. The molecule has 1 amide bonds. The Morgan fingerprint density at radius 3 is 2.89 bits per heavy atom. The summed E-state index contributed by atoms with van der Waals surface area (Å²) in [6, 6.07) is 5.59. The van der Waals surface area contributed by atoms with Crippen LogP contribution in [0.5, 0.6) is 0 Å². The Labute approximate surface area is 118 Å². The number of hydrogen-bond donors (Lipinski definition) is 2. The highest BCUT2D eigenvalue weighted by atomic mass is 79.9. The number of nitrogens with zero attached hydrogens (tertiary/aromatic N) is 1. The monoisotopic (exact) mass is 325 g/mol. The van der Waals surface area contributed by atoms with Gasteiger partial charge in [0.05, 0.1) is 18.3 Å². The first kappa shape index (κ1) is 13.0. The summed E-state index contributed by atoms with van der Waals surface area (Å²) in [5.74, 6) is 0.735. The molecule has 0 aliphatic carbocycles. The molecule has 0 aliphatic heterocycles. The van der Waals surface area contributed by atoms with Crippen LogP contribution in [0.2, 0.25) is 0 Å². The van der Waals surface area contributed by atoms with Crippen LogP contribution in [0.1, 0.15) is 4.88 Å². The van der Waals surface area contributed by atoms with Gasteiger partial charge < -0.3 is 10.6 Å². The van der Waals surface area contributed by atoms with Crippen LogP contribution in [-0.4, -0.2) is 17.9 Å². The van der Waals surface area contributed by atoms with Gasteiger partial charge in [-0.15, -0.1) is 11.3 Å². The van der Waals surface area contributed by atoms with Gasteiger partial charge >= 0.3 is 0 Å². The van der Waals surface area contributed by atoms with E-state index in [1.54, 1.807) is 24.6 Å². The largest absolute Gasteiger partial charge is 0.373 e. The smallest absolute Gasteiger partial charge is 0.229 e. The number of anilines is 2. The van der Waals surface area contributed by atoms with E-state index in [9.17, 15) is 4.79 Å². The van der Waals surface area contributed by atoms with Crippen molar-refractivity contribution in [3.05, 3.63) is 39.1 Å². The van der Waals surface area contributed by atoms with Gasteiger partial charge in [-0.1, -0.05) is 0 Å². The Hall–Kier alpha value is -1.40. The van der Waals surface area contributed by atoms with Crippen LogP contribution >= 0.6 is 27.3 Å². The Balaban J connectivity index is 1.94. The van der Waals surface area contributed by atoms with E-state index >= 15 is 0 Å². The van der Waals surface area contributed by atoms with Crippen molar-refractivity contribution in [2.24, 2.45) is 0 Å². The summed E-state index contributed by atoms with van der Waals surface area (Å²) in [6.45, 7) is 0. The quantitative estimate of drug-likeness (QED) is 0.908. The second-order valence-electron chi connectivity index (χ2n) is 3.64. The van der Waals surface area contributed by atoms with Gasteiger partial charge in [-0.25, -0.2) is 4.98 Å². The predicted molar refractivity (Wildman–Crippen MR) is 78.1 cm³/mol. The normalized spacial score (nSPS) is 10.1. The van der Waals surface area contributed by atoms with Gasteiger partial charge in [-0.3, -0.25) is 4.79 Å². The Kier molecular flexibility index (Phi) is 4.33. The molecule has 4 nitrogen and oxygen atoms in total. The fourth-order valence-electron chi connectivity index (χ4n) is 1.43. The van der Waals surface area contributed by atoms with Crippen LogP contribution in [0.4, 0.5) is 11.5 Å². The number of carbonyl (C=O) groups is 1. The Morgan fingerprint density at radius 1 is 1.50 bits per heavy atom. The molecule has 0 spiro atoms. The summed E-state index contributed by atoms with van der Waals surface area (Å²) < 4.78 is 1.01. The number of carbonyl (C=O) groups excluding carboxylic acids is 1. The molecular formula is C12H12BrN3OS. The van der Waals surface area contributed by atoms with Crippen molar-refractivity contribution in [3.63, 3.8) is 0 Å². The molecule has 2 heterocycles. The van der Waals surface area contributed by atoms with E-state index < -0.39 is 0 Å². The van der Waals surface area contributed by atoms with Crippen molar-refractivity contribution >= 4 is 44.7 Å². The molecule has 2 aromatic rings. The Morgan fingerprint density at radius 2 is 2.33 bits per heavy atom. The second-order valence-corrected chi connectivity index (χ2v) is 5.55. The number of thiophene rings is 1. The maximum Gasteiger partial charge on any atom is 0.229 e. The number of aromatic nitrogens is 1. The Bertz CT molecular complexity index is 539. The van der Waals surface area contributed by atoms with E-state index in [4.69, 9.17) is 0 Å². The molecular weight excluding hydrogens is 314 g/mol. The van der Waals surface area contributed by atoms with Gasteiger partial charge in [-0.2, -0.15) is 0 Å². The highest BCUT2D eigenvalue weighted by molar-refractivity contribution is 9.10. The topological polar surface area (TPSA) is 54.0 Å². The van der Waals surface area contributed by atoms with E-state index in [1.165, 1.54) is 0 Å². The number of amides is 1. The van der Waals surface area contributed by atoms with Gasteiger partial charge in [0.1, 0.15) is 5.82 Å².